The Hall–Kier alpha value is -2.03. The van der Waals surface area contributed by atoms with Gasteiger partial charge in [-0.3, -0.25) is 14.6 Å². The number of aromatic hydroxyl groups is 1. The molecular weight excluding hydrogens is 388 g/mol. The van der Waals surface area contributed by atoms with Crippen molar-refractivity contribution in [2.45, 2.75) is 31.8 Å². The fourth-order valence-corrected chi connectivity index (χ4v) is 4.61. The van der Waals surface area contributed by atoms with Crippen molar-refractivity contribution in [3.05, 3.63) is 17.7 Å². The number of benzene rings is 1. The summed E-state index contributed by atoms with van der Waals surface area (Å²) in [7, 11) is 4.52. The van der Waals surface area contributed by atoms with Gasteiger partial charge in [0.05, 0.1) is 34.5 Å². The minimum absolute atomic E-state index is 0.0192. The van der Waals surface area contributed by atoms with Gasteiger partial charge in [-0.05, 0) is 43.0 Å². The van der Waals surface area contributed by atoms with Crippen molar-refractivity contribution < 1.29 is 28.8 Å². The normalized spacial score (nSPS) is 23.2. The predicted octanol–water partition coefficient (Wildman–Crippen LogP) is 1.89. The van der Waals surface area contributed by atoms with Crippen molar-refractivity contribution in [1.82, 2.24) is 9.80 Å². The second-order valence-corrected chi connectivity index (χ2v) is 7.96. The number of ether oxygens (including phenoxy) is 4. The molecule has 0 bridgehead atoms. The Morgan fingerprint density at radius 1 is 1.13 bits per heavy atom. The van der Waals surface area contributed by atoms with Crippen LogP contribution in [0.1, 0.15) is 24.8 Å². The summed E-state index contributed by atoms with van der Waals surface area (Å²) in [5.41, 5.74) is 1.03. The maximum atomic E-state index is 11.8. The van der Waals surface area contributed by atoms with Crippen LogP contribution in [0.5, 0.6) is 17.2 Å². The van der Waals surface area contributed by atoms with Crippen LogP contribution in [0.2, 0.25) is 0 Å². The Kier molecular flexibility index (Phi) is 8.18. The number of methoxy groups -OCH3 is 3. The molecule has 2 aliphatic rings. The molecule has 1 aromatic carbocycles. The molecule has 30 heavy (non-hydrogen) atoms. The Labute approximate surface area is 178 Å². The molecule has 0 aromatic heterocycles. The van der Waals surface area contributed by atoms with Gasteiger partial charge < -0.3 is 24.1 Å². The SMILES string of the molecule is COC(=O)CC[C@H]1CN(Cc2cc(OC)c(O)c(OC)c2)CC[C@H]1N1CCOCC1. The van der Waals surface area contributed by atoms with E-state index in [1.807, 2.05) is 12.1 Å². The predicted molar refractivity (Wildman–Crippen MR) is 112 cm³/mol. The first-order chi connectivity index (χ1) is 14.5. The molecule has 2 saturated heterocycles. The second kappa shape index (κ2) is 10.8. The van der Waals surface area contributed by atoms with Gasteiger partial charge in [0.2, 0.25) is 5.75 Å². The molecule has 168 valence electrons. The molecule has 2 fully saturated rings. The molecule has 8 heteroatoms. The van der Waals surface area contributed by atoms with Crippen LogP contribution in [-0.4, -0.2) is 87.6 Å². The average Bonchev–Trinajstić information content (AvgIpc) is 2.79. The molecule has 2 atom stereocenters. The van der Waals surface area contributed by atoms with E-state index < -0.39 is 0 Å². The Balaban J connectivity index is 1.70. The topological polar surface area (TPSA) is 80.7 Å². The van der Waals surface area contributed by atoms with Gasteiger partial charge >= 0.3 is 5.97 Å². The quantitative estimate of drug-likeness (QED) is 0.636. The van der Waals surface area contributed by atoms with Gasteiger partial charge in [-0.15, -0.1) is 0 Å². The number of carbonyl (C=O) groups excluding carboxylic acids is 1. The molecule has 0 aliphatic carbocycles. The average molecular weight is 423 g/mol. The number of esters is 1. The number of nitrogens with zero attached hydrogens (tertiary/aromatic N) is 2. The Morgan fingerprint density at radius 3 is 2.40 bits per heavy atom. The smallest absolute Gasteiger partial charge is 0.305 e. The summed E-state index contributed by atoms with van der Waals surface area (Å²) in [5.74, 6) is 1.08. The van der Waals surface area contributed by atoms with E-state index in [-0.39, 0.29) is 11.7 Å². The summed E-state index contributed by atoms with van der Waals surface area (Å²) in [6, 6.07) is 4.17. The lowest BCUT2D eigenvalue weighted by Gasteiger charge is -2.45. The third-order valence-corrected chi connectivity index (χ3v) is 6.19. The number of hydrogen-bond donors (Lipinski definition) is 1. The third kappa shape index (κ3) is 5.56. The van der Waals surface area contributed by atoms with E-state index in [4.69, 9.17) is 18.9 Å². The maximum Gasteiger partial charge on any atom is 0.305 e. The molecule has 0 amide bonds. The van der Waals surface area contributed by atoms with Crippen LogP contribution in [0, 0.1) is 5.92 Å². The zero-order valence-corrected chi connectivity index (χ0v) is 18.3. The van der Waals surface area contributed by atoms with Gasteiger partial charge in [-0.25, -0.2) is 0 Å². The molecule has 8 nitrogen and oxygen atoms in total. The first kappa shape index (κ1) is 22.7. The number of likely N-dealkylation sites (tertiary alicyclic amines) is 1. The van der Waals surface area contributed by atoms with Crippen molar-refractivity contribution in [1.29, 1.82) is 0 Å². The van der Waals surface area contributed by atoms with Crippen LogP contribution in [0.3, 0.4) is 0 Å². The highest BCUT2D eigenvalue weighted by Gasteiger charge is 2.34. The number of phenolic OH excluding ortho intramolecular Hbond substituents is 1. The summed E-state index contributed by atoms with van der Waals surface area (Å²) in [6.45, 7) is 6.07. The number of rotatable bonds is 8. The van der Waals surface area contributed by atoms with Gasteiger partial charge in [0.1, 0.15) is 0 Å². The maximum absolute atomic E-state index is 11.8. The van der Waals surface area contributed by atoms with Crippen LogP contribution >= 0.6 is 0 Å². The highest BCUT2D eigenvalue weighted by Crippen LogP contribution is 2.38. The summed E-state index contributed by atoms with van der Waals surface area (Å²) in [6.07, 6.45) is 2.31. The van der Waals surface area contributed by atoms with E-state index >= 15 is 0 Å². The van der Waals surface area contributed by atoms with Crippen LogP contribution in [0.4, 0.5) is 0 Å². The molecule has 0 unspecified atom stereocenters. The molecule has 2 heterocycles. The zero-order valence-electron chi connectivity index (χ0n) is 18.3. The molecule has 2 aliphatic heterocycles. The highest BCUT2D eigenvalue weighted by molar-refractivity contribution is 5.69. The monoisotopic (exact) mass is 422 g/mol. The van der Waals surface area contributed by atoms with Crippen LogP contribution in [0.15, 0.2) is 12.1 Å². The number of carbonyl (C=O) groups is 1. The second-order valence-electron chi connectivity index (χ2n) is 7.96. The van der Waals surface area contributed by atoms with Crippen molar-refractivity contribution in [2.24, 2.45) is 5.92 Å². The Bertz CT molecular complexity index is 682. The molecule has 1 aromatic rings. The minimum atomic E-state index is -0.152. The van der Waals surface area contributed by atoms with Crippen molar-refractivity contribution >= 4 is 5.97 Å². The fraction of sp³-hybridized carbons (Fsp3) is 0.682. The van der Waals surface area contributed by atoms with Gasteiger partial charge in [0.15, 0.2) is 11.5 Å². The van der Waals surface area contributed by atoms with Crippen molar-refractivity contribution in [2.75, 3.05) is 60.7 Å². The van der Waals surface area contributed by atoms with E-state index in [9.17, 15) is 9.90 Å². The number of phenols is 1. The van der Waals surface area contributed by atoms with Crippen LogP contribution < -0.4 is 9.47 Å². The number of morpholine rings is 1. The van der Waals surface area contributed by atoms with Gasteiger partial charge in [0, 0.05) is 38.6 Å². The Morgan fingerprint density at radius 2 is 1.80 bits per heavy atom. The first-order valence-corrected chi connectivity index (χ1v) is 10.6. The van der Waals surface area contributed by atoms with Crippen LogP contribution in [0.25, 0.3) is 0 Å². The lowest BCUT2D eigenvalue weighted by molar-refractivity contribution is -0.141. The highest BCUT2D eigenvalue weighted by atomic mass is 16.5. The lowest BCUT2D eigenvalue weighted by Crippen LogP contribution is -2.53. The molecule has 0 radical (unpaired) electrons. The third-order valence-electron chi connectivity index (χ3n) is 6.19. The minimum Gasteiger partial charge on any atom is -0.502 e. The summed E-state index contributed by atoms with van der Waals surface area (Å²) >= 11 is 0. The molecule has 0 saturated carbocycles. The van der Waals surface area contributed by atoms with Crippen molar-refractivity contribution in [3.8, 4) is 17.2 Å². The van der Waals surface area contributed by atoms with Gasteiger partial charge in [-0.2, -0.15) is 0 Å². The van der Waals surface area contributed by atoms with E-state index in [0.29, 0.717) is 29.9 Å². The summed E-state index contributed by atoms with van der Waals surface area (Å²) < 4.78 is 21.0. The van der Waals surface area contributed by atoms with E-state index in [1.165, 1.54) is 21.3 Å². The standard InChI is InChI=1S/C22H34N2O6/c1-27-19-12-16(13-20(28-2)22(19)26)14-23-7-6-18(24-8-10-30-11-9-24)17(15-23)4-5-21(25)29-3/h12-13,17-18,26H,4-11,14-15H2,1-3H3/t17-,18+/m0/s1. The first-order valence-electron chi connectivity index (χ1n) is 10.6. The van der Waals surface area contributed by atoms with Gasteiger partial charge in [-0.1, -0.05) is 0 Å². The molecule has 3 rings (SSSR count). The van der Waals surface area contributed by atoms with Gasteiger partial charge in [0.25, 0.3) is 0 Å². The molecular formula is C22H34N2O6. The van der Waals surface area contributed by atoms with E-state index in [2.05, 4.69) is 9.80 Å². The molecule has 0 spiro atoms. The zero-order chi connectivity index (χ0) is 21.5. The summed E-state index contributed by atoms with van der Waals surface area (Å²) in [4.78, 5) is 16.7. The van der Waals surface area contributed by atoms with Crippen molar-refractivity contribution in [3.63, 3.8) is 0 Å². The van der Waals surface area contributed by atoms with E-state index in [1.54, 1.807) is 0 Å². The summed E-state index contributed by atoms with van der Waals surface area (Å²) in [5, 5.41) is 10.2. The lowest BCUT2D eigenvalue weighted by atomic mass is 9.86. The number of piperidine rings is 1. The largest absolute Gasteiger partial charge is 0.502 e. The fourth-order valence-electron chi connectivity index (χ4n) is 4.61. The number of hydrogen-bond acceptors (Lipinski definition) is 8. The van der Waals surface area contributed by atoms with E-state index in [0.717, 1.165) is 64.3 Å². The van der Waals surface area contributed by atoms with Crippen LogP contribution in [-0.2, 0) is 20.8 Å². The molecule has 1 N–H and O–H groups in total.